The van der Waals surface area contributed by atoms with Gasteiger partial charge >= 0.3 is 0 Å². The van der Waals surface area contributed by atoms with E-state index in [0.717, 1.165) is 31.6 Å². The molecule has 3 fully saturated rings. The normalized spacial score (nSPS) is 26.8. The Hall–Kier alpha value is -2.76. The molecule has 0 N–H and O–H groups in total. The highest BCUT2D eigenvalue weighted by atomic mass is 16.7. The molecule has 11 nitrogen and oxygen atoms in total. The highest BCUT2D eigenvalue weighted by molar-refractivity contribution is 5.95. The maximum absolute atomic E-state index is 14.0. The second kappa shape index (κ2) is 12.0. The predicted octanol–water partition coefficient (Wildman–Crippen LogP) is 2.12. The van der Waals surface area contributed by atoms with Crippen LogP contribution in [-0.4, -0.2) is 105 Å². The van der Waals surface area contributed by atoms with Gasteiger partial charge in [0.25, 0.3) is 11.8 Å². The van der Waals surface area contributed by atoms with E-state index in [1.165, 1.54) is 11.1 Å². The molecule has 0 bridgehead atoms. The van der Waals surface area contributed by atoms with Gasteiger partial charge in [0, 0.05) is 12.1 Å². The number of hydroxylamine groups is 2. The van der Waals surface area contributed by atoms with Crippen LogP contribution < -0.4 is 0 Å². The number of rotatable bonds is 7. The van der Waals surface area contributed by atoms with Gasteiger partial charge in [0.05, 0.1) is 37.7 Å². The van der Waals surface area contributed by atoms with Crippen LogP contribution in [0, 0.1) is 11.8 Å². The molecule has 5 rings (SSSR count). The molecule has 0 aliphatic carbocycles. The highest BCUT2D eigenvalue weighted by Crippen LogP contribution is 2.34. The summed E-state index contributed by atoms with van der Waals surface area (Å²) < 4.78 is 7.40. The molecule has 3 amide bonds. The van der Waals surface area contributed by atoms with E-state index in [4.69, 9.17) is 9.57 Å². The monoisotopic (exact) mass is 556 g/mol. The first-order valence-corrected chi connectivity index (χ1v) is 14.8. The van der Waals surface area contributed by atoms with Crippen molar-refractivity contribution in [2.24, 2.45) is 11.8 Å². The SMILES string of the molecule is CC(C)C[C@H]1ON(C(=O)/C=C/c2cc3n(n2)CCOC3)[C@H]2CN(C3CCN(C)CC3)C(=O)[C@H](CC(C)C)N2C1=O. The van der Waals surface area contributed by atoms with Gasteiger partial charge < -0.3 is 19.4 Å². The molecule has 0 unspecified atom stereocenters. The number of carbonyl (C=O) groups is 3. The largest absolute Gasteiger partial charge is 0.373 e. The molecule has 220 valence electrons. The minimum atomic E-state index is -0.817. The summed E-state index contributed by atoms with van der Waals surface area (Å²) in [6.45, 7) is 12.0. The molecule has 3 saturated heterocycles. The van der Waals surface area contributed by atoms with E-state index < -0.39 is 18.3 Å². The third-order valence-corrected chi connectivity index (χ3v) is 8.33. The van der Waals surface area contributed by atoms with Gasteiger partial charge in [0.2, 0.25) is 5.91 Å². The van der Waals surface area contributed by atoms with Crippen molar-refractivity contribution in [3.8, 4) is 0 Å². The Bertz CT molecular complexity index is 1100. The lowest BCUT2D eigenvalue weighted by Crippen LogP contribution is -2.74. The summed E-state index contributed by atoms with van der Waals surface area (Å²) >= 11 is 0. The Morgan fingerprint density at radius 1 is 1.07 bits per heavy atom. The molecule has 11 heteroatoms. The standard InChI is InChI=1S/C29H44N6O5/c1-19(2)14-24-28(37)32(22-8-10-31(5)11-9-22)17-26-34(24)29(38)25(15-20(3)4)40-35(26)27(36)7-6-21-16-23-18-39-13-12-33(23)30-21/h6-7,16,19-20,22,24-26H,8-15,17-18H2,1-5H3/b7-6+/t24-,25+,26-/m0/s1. The number of piperidine rings is 1. The molecule has 0 aromatic carbocycles. The second-order valence-corrected chi connectivity index (χ2v) is 12.5. The predicted molar refractivity (Wildman–Crippen MR) is 148 cm³/mol. The van der Waals surface area contributed by atoms with E-state index in [1.54, 1.807) is 11.0 Å². The number of fused-ring (bicyclic) bond motifs is 2. The summed E-state index contributed by atoms with van der Waals surface area (Å²) in [6.07, 6.45) is 4.39. The summed E-state index contributed by atoms with van der Waals surface area (Å²) in [6, 6.07) is 1.37. The van der Waals surface area contributed by atoms with Crippen LogP contribution in [-0.2, 0) is 37.1 Å². The number of aromatic nitrogens is 2. The van der Waals surface area contributed by atoms with Crippen molar-refractivity contribution in [3.05, 3.63) is 23.5 Å². The molecule has 0 radical (unpaired) electrons. The van der Waals surface area contributed by atoms with E-state index in [-0.39, 0.29) is 42.1 Å². The summed E-state index contributed by atoms with van der Waals surface area (Å²) in [5, 5.41) is 5.92. The zero-order chi connectivity index (χ0) is 28.6. The van der Waals surface area contributed by atoms with Gasteiger partial charge in [0.1, 0.15) is 6.04 Å². The van der Waals surface area contributed by atoms with Crippen LogP contribution in [0.1, 0.15) is 64.8 Å². The number of ether oxygens (including phenoxy) is 1. The zero-order valence-corrected chi connectivity index (χ0v) is 24.5. The molecule has 0 spiro atoms. The topological polar surface area (TPSA) is 100 Å². The fourth-order valence-corrected chi connectivity index (χ4v) is 6.27. The number of nitrogens with zero attached hydrogens (tertiary/aromatic N) is 6. The van der Waals surface area contributed by atoms with Crippen LogP contribution in [0.2, 0.25) is 0 Å². The van der Waals surface area contributed by atoms with E-state index in [1.807, 2.05) is 29.5 Å². The first-order valence-electron chi connectivity index (χ1n) is 14.8. The molecule has 5 heterocycles. The minimum Gasteiger partial charge on any atom is -0.373 e. The van der Waals surface area contributed by atoms with Gasteiger partial charge in [-0.1, -0.05) is 27.7 Å². The van der Waals surface area contributed by atoms with E-state index in [0.29, 0.717) is 38.3 Å². The van der Waals surface area contributed by atoms with Crippen molar-refractivity contribution < 1.29 is 24.0 Å². The van der Waals surface area contributed by atoms with Crippen molar-refractivity contribution in [1.29, 1.82) is 0 Å². The number of likely N-dealkylation sites (tertiary alicyclic amines) is 1. The second-order valence-electron chi connectivity index (χ2n) is 12.5. The van der Waals surface area contributed by atoms with Crippen LogP contribution in [0.25, 0.3) is 6.08 Å². The van der Waals surface area contributed by atoms with E-state index in [9.17, 15) is 14.4 Å². The molecule has 3 atom stereocenters. The molecule has 1 aromatic rings. The molecule has 4 aliphatic rings. The molecular formula is C29H44N6O5. The number of amides is 3. The first kappa shape index (κ1) is 28.8. The lowest BCUT2D eigenvalue weighted by Gasteiger charge is -2.55. The van der Waals surface area contributed by atoms with E-state index in [2.05, 4.69) is 30.9 Å². The average Bonchev–Trinajstić information content (AvgIpc) is 3.33. The molecule has 4 aliphatic heterocycles. The third kappa shape index (κ3) is 5.96. The van der Waals surface area contributed by atoms with Crippen molar-refractivity contribution in [3.63, 3.8) is 0 Å². The van der Waals surface area contributed by atoms with Crippen LogP contribution in [0.5, 0.6) is 0 Å². The molecule has 40 heavy (non-hydrogen) atoms. The number of carbonyl (C=O) groups excluding carboxylic acids is 3. The Morgan fingerprint density at radius 2 is 1.80 bits per heavy atom. The number of piperazine rings is 1. The minimum absolute atomic E-state index is 0.00759. The smallest absolute Gasteiger partial charge is 0.272 e. The third-order valence-electron chi connectivity index (χ3n) is 8.33. The lowest BCUT2D eigenvalue weighted by molar-refractivity contribution is -0.275. The lowest BCUT2D eigenvalue weighted by atomic mass is 9.93. The fraction of sp³-hybridized carbons (Fsp3) is 0.724. The van der Waals surface area contributed by atoms with Gasteiger partial charge in [-0.2, -0.15) is 10.2 Å². The first-order chi connectivity index (χ1) is 19.1. The van der Waals surface area contributed by atoms with Crippen molar-refractivity contribution in [2.75, 3.05) is 33.3 Å². The van der Waals surface area contributed by atoms with Crippen molar-refractivity contribution in [1.82, 2.24) is 29.5 Å². The molecule has 0 saturated carbocycles. The molecule has 1 aromatic heterocycles. The summed E-state index contributed by atoms with van der Waals surface area (Å²) in [5.74, 6) is -0.190. The summed E-state index contributed by atoms with van der Waals surface area (Å²) in [7, 11) is 2.09. The Morgan fingerprint density at radius 3 is 2.48 bits per heavy atom. The van der Waals surface area contributed by atoms with Gasteiger partial charge in [-0.3, -0.25) is 23.9 Å². The Kier molecular flexibility index (Phi) is 8.63. The summed E-state index contributed by atoms with van der Waals surface area (Å²) in [4.78, 5) is 53.7. The van der Waals surface area contributed by atoms with Crippen LogP contribution in [0.4, 0.5) is 0 Å². The van der Waals surface area contributed by atoms with Crippen molar-refractivity contribution in [2.45, 2.75) is 90.9 Å². The van der Waals surface area contributed by atoms with Crippen molar-refractivity contribution >= 4 is 23.8 Å². The zero-order valence-electron chi connectivity index (χ0n) is 24.5. The van der Waals surface area contributed by atoms with Crippen LogP contribution >= 0.6 is 0 Å². The molecular weight excluding hydrogens is 512 g/mol. The summed E-state index contributed by atoms with van der Waals surface area (Å²) in [5.41, 5.74) is 1.64. The van der Waals surface area contributed by atoms with Crippen LogP contribution in [0.15, 0.2) is 12.1 Å². The fourth-order valence-electron chi connectivity index (χ4n) is 6.27. The quantitative estimate of drug-likeness (QED) is 0.475. The van der Waals surface area contributed by atoms with Gasteiger partial charge in [-0.15, -0.1) is 0 Å². The van der Waals surface area contributed by atoms with Gasteiger partial charge in [0.15, 0.2) is 12.3 Å². The van der Waals surface area contributed by atoms with Gasteiger partial charge in [-0.25, -0.2) is 0 Å². The highest BCUT2D eigenvalue weighted by Gasteiger charge is 2.53. The maximum Gasteiger partial charge on any atom is 0.272 e. The number of hydrogen-bond donors (Lipinski definition) is 0. The average molecular weight is 557 g/mol. The Balaban J connectivity index is 1.45. The van der Waals surface area contributed by atoms with Gasteiger partial charge in [-0.05, 0) is 69.8 Å². The number of hydrogen-bond acceptors (Lipinski definition) is 7. The van der Waals surface area contributed by atoms with Crippen LogP contribution in [0.3, 0.4) is 0 Å². The Labute approximate surface area is 237 Å². The van der Waals surface area contributed by atoms with E-state index >= 15 is 0 Å². The maximum atomic E-state index is 14.0.